The van der Waals surface area contributed by atoms with Gasteiger partial charge in [-0.15, -0.1) is 0 Å². The first-order valence-corrected chi connectivity index (χ1v) is 7.22. The second-order valence-electron chi connectivity index (χ2n) is 5.33. The van der Waals surface area contributed by atoms with Crippen LogP contribution >= 0.6 is 0 Å². The van der Waals surface area contributed by atoms with Crippen molar-refractivity contribution in [2.24, 2.45) is 5.92 Å². The van der Waals surface area contributed by atoms with E-state index in [9.17, 15) is 0 Å². The third-order valence-corrected chi connectivity index (χ3v) is 3.85. The van der Waals surface area contributed by atoms with E-state index in [1.165, 1.54) is 18.4 Å². The van der Waals surface area contributed by atoms with Crippen molar-refractivity contribution in [2.75, 3.05) is 13.7 Å². The predicted molar refractivity (Wildman–Crippen MR) is 78.8 cm³/mol. The zero-order valence-electron chi connectivity index (χ0n) is 11.8. The largest absolute Gasteiger partial charge is 0.497 e. The number of aromatic amines is 1. The number of imidazole rings is 1. The molecule has 3 rings (SSSR count). The van der Waals surface area contributed by atoms with Gasteiger partial charge in [-0.25, -0.2) is 4.98 Å². The van der Waals surface area contributed by atoms with E-state index in [1.54, 1.807) is 13.3 Å². The van der Waals surface area contributed by atoms with Crippen LogP contribution in [0.25, 0.3) is 0 Å². The van der Waals surface area contributed by atoms with E-state index in [4.69, 9.17) is 4.74 Å². The maximum Gasteiger partial charge on any atom is 0.118 e. The Kier molecular flexibility index (Phi) is 4.02. The van der Waals surface area contributed by atoms with Crippen molar-refractivity contribution in [3.63, 3.8) is 0 Å². The van der Waals surface area contributed by atoms with Crippen LogP contribution in [-0.2, 0) is 6.42 Å². The Morgan fingerprint density at radius 3 is 2.75 bits per heavy atom. The minimum absolute atomic E-state index is 0.455. The fraction of sp³-hybridized carbons (Fsp3) is 0.438. The molecule has 0 aliphatic heterocycles. The van der Waals surface area contributed by atoms with E-state index in [0.29, 0.717) is 6.04 Å². The van der Waals surface area contributed by atoms with Crippen LogP contribution in [0.15, 0.2) is 36.7 Å². The van der Waals surface area contributed by atoms with E-state index in [-0.39, 0.29) is 0 Å². The van der Waals surface area contributed by atoms with Crippen molar-refractivity contribution in [1.29, 1.82) is 0 Å². The molecule has 1 aliphatic carbocycles. The van der Waals surface area contributed by atoms with Gasteiger partial charge in [-0.05, 0) is 36.5 Å². The molecule has 106 valence electrons. The highest BCUT2D eigenvalue weighted by atomic mass is 16.5. The number of ether oxygens (including phenoxy) is 1. The van der Waals surface area contributed by atoms with Crippen molar-refractivity contribution in [2.45, 2.75) is 25.3 Å². The molecular weight excluding hydrogens is 250 g/mol. The average Bonchev–Trinajstić information content (AvgIpc) is 3.20. The Labute approximate surface area is 119 Å². The molecule has 0 saturated heterocycles. The SMILES string of the molecule is COc1ccc(C(NCCc2ncc[nH]2)C2CC2)cc1. The summed E-state index contributed by atoms with van der Waals surface area (Å²) in [5, 5.41) is 3.67. The highest BCUT2D eigenvalue weighted by Gasteiger charge is 2.31. The standard InChI is InChI=1S/C16H21N3O/c1-20-14-6-4-13(5-7-14)16(12-2-3-12)19-9-8-15-17-10-11-18-15/h4-7,10-12,16,19H,2-3,8-9H2,1H3,(H,17,18). The maximum atomic E-state index is 5.22. The summed E-state index contributed by atoms with van der Waals surface area (Å²) in [6.07, 6.45) is 7.26. The molecule has 1 unspecified atom stereocenters. The van der Waals surface area contributed by atoms with E-state index in [0.717, 1.165) is 30.5 Å². The molecule has 0 radical (unpaired) electrons. The maximum absolute atomic E-state index is 5.22. The summed E-state index contributed by atoms with van der Waals surface area (Å²) in [6, 6.07) is 8.87. The molecule has 4 nitrogen and oxygen atoms in total. The quantitative estimate of drug-likeness (QED) is 0.814. The summed E-state index contributed by atoms with van der Waals surface area (Å²) in [7, 11) is 1.70. The van der Waals surface area contributed by atoms with Crippen LogP contribution in [-0.4, -0.2) is 23.6 Å². The summed E-state index contributed by atoms with van der Waals surface area (Å²) in [5.41, 5.74) is 1.35. The molecule has 1 aromatic heterocycles. The van der Waals surface area contributed by atoms with Crippen LogP contribution in [0.3, 0.4) is 0 Å². The average molecular weight is 271 g/mol. The highest BCUT2D eigenvalue weighted by molar-refractivity contribution is 5.30. The number of benzene rings is 1. The van der Waals surface area contributed by atoms with Crippen LogP contribution in [0, 0.1) is 5.92 Å². The van der Waals surface area contributed by atoms with Gasteiger partial charge < -0.3 is 15.0 Å². The van der Waals surface area contributed by atoms with Crippen LogP contribution in [0.4, 0.5) is 0 Å². The Morgan fingerprint density at radius 2 is 2.15 bits per heavy atom. The summed E-state index contributed by atoms with van der Waals surface area (Å²) >= 11 is 0. The molecule has 1 fully saturated rings. The second kappa shape index (κ2) is 6.09. The zero-order valence-corrected chi connectivity index (χ0v) is 11.8. The third-order valence-electron chi connectivity index (χ3n) is 3.85. The van der Waals surface area contributed by atoms with E-state index in [1.807, 2.05) is 18.3 Å². The lowest BCUT2D eigenvalue weighted by Crippen LogP contribution is -2.25. The number of H-pyrrole nitrogens is 1. The van der Waals surface area contributed by atoms with E-state index < -0.39 is 0 Å². The Balaban J connectivity index is 1.60. The van der Waals surface area contributed by atoms with Crippen LogP contribution in [0.5, 0.6) is 5.75 Å². The molecule has 2 aromatic rings. The molecule has 20 heavy (non-hydrogen) atoms. The first kappa shape index (κ1) is 13.2. The lowest BCUT2D eigenvalue weighted by atomic mass is 10.0. The molecular formula is C16H21N3O. The van der Waals surface area contributed by atoms with Gasteiger partial charge in [0.2, 0.25) is 0 Å². The van der Waals surface area contributed by atoms with Crippen LogP contribution < -0.4 is 10.1 Å². The fourth-order valence-corrected chi connectivity index (χ4v) is 2.58. The number of methoxy groups -OCH3 is 1. The molecule has 1 aliphatic rings. The number of hydrogen-bond donors (Lipinski definition) is 2. The minimum Gasteiger partial charge on any atom is -0.497 e. The van der Waals surface area contributed by atoms with Gasteiger partial charge in [0.15, 0.2) is 0 Å². The normalized spacial score (nSPS) is 16.1. The number of hydrogen-bond acceptors (Lipinski definition) is 3. The van der Waals surface area contributed by atoms with Gasteiger partial charge in [-0.2, -0.15) is 0 Å². The summed E-state index contributed by atoms with van der Waals surface area (Å²) < 4.78 is 5.22. The second-order valence-corrected chi connectivity index (χ2v) is 5.33. The molecule has 1 saturated carbocycles. The van der Waals surface area contributed by atoms with Gasteiger partial charge in [0, 0.05) is 31.4 Å². The van der Waals surface area contributed by atoms with Gasteiger partial charge in [-0.3, -0.25) is 0 Å². The van der Waals surface area contributed by atoms with Gasteiger partial charge >= 0.3 is 0 Å². The van der Waals surface area contributed by atoms with Gasteiger partial charge in [0.05, 0.1) is 7.11 Å². The van der Waals surface area contributed by atoms with Crippen molar-refractivity contribution < 1.29 is 4.74 Å². The summed E-state index contributed by atoms with van der Waals surface area (Å²) in [4.78, 5) is 7.40. The number of aromatic nitrogens is 2. The van der Waals surface area contributed by atoms with Crippen LogP contribution in [0.2, 0.25) is 0 Å². The van der Waals surface area contributed by atoms with E-state index in [2.05, 4.69) is 27.4 Å². The van der Waals surface area contributed by atoms with Crippen molar-refractivity contribution in [3.8, 4) is 5.75 Å². The van der Waals surface area contributed by atoms with Crippen molar-refractivity contribution in [1.82, 2.24) is 15.3 Å². The number of rotatable bonds is 7. The van der Waals surface area contributed by atoms with Gasteiger partial charge in [0.1, 0.15) is 11.6 Å². The predicted octanol–water partition coefficient (Wildman–Crippen LogP) is 2.70. The molecule has 0 spiro atoms. The Bertz CT molecular complexity index is 517. The Hall–Kier alpha value is -1.81. The van der Waals surface area contributed by atoms with Gasteiger partial charge in [-0.1, -0.05) is 12.1 Å². The zero-order chi connectivity index (χ0) is 13.8. The number of nitrogens with zero attached hydrogens (tertiary/aromatic N) is 1. The fourth-order valence-electron chi connectivity index (χ4n) is 2.58. The number of nitrogens with one attached hydrogen (secondary N) is 2. The van der Waals surface area contributed by atoms with Gasteiger partial charge in [0.25, 0.3) is 0 Å². The Morgan fingerprint density at radius 1 is 1.35 bits per heavy atom. The van der Waals surface area contributed by atoms with E-state index >= 15 is 0 Å². The molecule has 0 amide bonds. The van der Waals surface area contributed by atoms with Crippen LogP contribution in [0.1, 0.15) is 30.3 Å². The lowest BCUT2D eigenvalue weighted by Gasteiger charge is -2.19. The van der Waals surface area contributed by atoms with Crippen molar-refractivity contribution >= 4 is 0 Å². The molecule has 1 atom stereocenters. The lowest BCUT2D eigenvalue weighted by molar-refractivity contribution is 0.413. The molecule has 1 heterocycles. The summed E-state index contributed by atoms with van der Waals surface area (Å²) in [6.45, 7) is 0.945. The highest BCUT2D eigenvalue weighted by Crippen LogP contribution is 2.41. The molecule has 1 aromatic carbocycles. The smallest absolute Gasteiger partial charge is 0.118 e. The van der Waals surface area contributed by atoms with Crippen molar-refractivity contribution in [3.05, 3.63) is 48.0 Å². The first-order valence-electron chi connectivity index (χ1n) is 7.22. The minimum atomic E-state index is 0.455. The molecule has 2 N–H and O–H groups in total. The topological polar surface area (TPSA) is 49.9 Å². The first-order chi connectivity index (χ1) is 9.86. The summed E-state index contributed by atoms with van der Waals surface area (Å²) in [5.74, 6) is 2.74. The molecule has 0 bridgehead atoms. The molecule has 4 heteroatoms. The third kappa shape index (κ3) is 3.20. The monoisotopic (exact) mass is 271 g/mol.